The van der Waals surface area contributed by atoms with E-state index in [0.717, 1.165) is 10.9 Å². The Balaban J connectivity index is 2.86. The lowest BCUT2D eigenvalue weighted by Gasteiger charge is -2.10. The first-order valence-corrected chi connectivity index (χ1v) is 4.35. The van der Waals surface area contributed by atoms with E-state index < -0.39 is 0 Å². The van der Waals surface area contributed by atoms with Gasteiger partial charge in [-0.15, -0.1) is 0 Å². The topological polar surface area (TPSA) is 77.0 Å². The van der Waals surface area contributed by atoms with Crippen molar-refractivity contribution in [2.75, 3.05) is 23.8 Å². The summed E-state index contributed by atoms with van der Waals surface area (Å²) < 4.78 is 0. The highest BCUT2D eigenvalue weighted by atomic mass is 15.0. The number of fused-ring (bicyclic) bond motifs is 1. The van der Waals surface area contributed by atoms with Crippen LogP contribution in [0, 0.1) is 0 Å². The van der Waals surface area contributed by atoms with Gasteiger partial charge in [-0.05, 0) is 6.07 Å². The van der Waals surface area contributed by atoms with Gasteiger partial charge in [0.1, 0.15) is 11.5 Å². The van der Waals surface area contributed by atoms with E-state index >= 15 is 0 Å². The summed E-state index contributed by atoms with van der Waals surface area (Å²) in [6, 6.07) is 7.66. The molecule has 1 heterocycles. The maximum atomic E-state index is 5.95. The minimum absolute atomic E-state index is 0.434. The molecule has 2 rings (SSSR count). The fraction of sp³-hybridized carbons (Fsp3) is 0.100. The van der Waals surface area contributed by atoms with Crippen molar-refractivity contribution < 1.29 is 0 Å². The van der Waals surface area contributed by atoms with E-state index in [-0.39, 0.29) is 0 Å². The third-order valence-electron chi connectivity index (χ3n) is 2.21. The fourth-order valence-electron chi connectivity index (χ4n) is 1.52. The summed E-state index contributed by atoms with van der Waals surface area (Å²) in [6.07, 6.45) is 0. The van der Waals surface area contributed by atoms with Gasteiger partial charge in [0, 0.05) is 12.4 Å². The van der Waals surface area contributed by atoms with Gasteiger partial charge in [0.2, 0.25) is 0 Å². The number of anilines is 3. The zero-order valence-corrected chi connectivity index (χ0v) is 7.91. The molecule has 0 atom stereocenters. The first-order valence-electron chi connectivity index (χ1n) is 4.35. The van der Waals surface area contributed by atoms with Crippen molar-refractivity contribution in [2.24, 2.45) is 0 Å². The van der Waals surface area contributed by atoms with Crippen molar-refractivity contribution in [1.82, 2.24) is 4.98 Å². The first-order chi connectivity index (χ1) is 6.74. The number of nitrogen functional groups attached to an aromatic ring is 2. The summed E-state index contributed by atoms with van der Waals surface area (Å²) in [5.74, 6) is 0.434. The summed E-state index contributed by atoms with van der Waals surface area (Å²) in [7, 11) is 1.78. The zero-order chi connectivity index (χ0) is 10.1. The molecule has 4 heteroatoms. The normalized spacial score (nSPS) is 10.4. The Bertz CT molecular complexity index is 479. The third-order valence-corrected chi connectivity index (χ3v) is 2.21. The number of benzene rings is 1. The molecule has 0 bridgehead atoms. The summed E-state index contributed by atoms with van der Waals surface area (Å²) >= 11 is 0. The van der Waals surface area contributed by atoms with Gasteiger partial charge in [0.25, 0.3) is 0 Å². The highest BCUT2D eigenvalue weighted by Crippen LogP contribution is 2.31. The van der Waals surface area contributed by atoms with Crippen LogP contribution in [0.1, 0.15) is 0 Å². The van der Waals surface area contributed by atoms with Crippen LogP contribution in [0.2, 0.25) is 0 Å². The molecule has 4 nitrogen and oxygen atoms in total. The smallest absolute Gasteiger partial charge is 0.149 e. The van der Waals surface area contributed by atoms with Crippen molar-refractivity contribution in [3.05, 3.63) is 24.3 Å². The zero-order valence-electron chi connectivity index (χ0n) is 7.91. The summed E-state index contributed by atoms with van der Waals surface area (Å²) in [5, 5.41) is 3.87. The largest absolute Gasteiger partial charge is 0.396 e. The monoisotopic (exact) mass is 188 g/mol. The molecule has 0 aliphatic rings. The maximum Gasteiger partial charge on any atom is 0.149 e. The first kappa shape index (κ1) is 8.62. The standard InChI is InChI=1S/C10H12N4/c1-13-9-8(11)6-4-2-3-5-7(6)14-10(9)12/h2-5,13H,1H3,(H4,11,12,14). The van der Waals surface area contributed by atoms with Gasteiger partial charge in [0.05, 0.1) is 11.2 Å². The van der Waals surface area contributed by atoms with Crippen molar-refractivity contribution in [3.8, 4) is 0 Å². The number of hydrogen-bond donors (Lipinski definition) is 3. The van der Waals surface area contributed by atoms with E-state index in [9.17, 15) is 0 Å². The number of nitrogens with zero attached hydrogens (tertiary/aromatic N) is 1. The van der Waals surface area contributed by atoms with Crippen LogP contribution in [-0.4, -0.2) is 12.0 Å². The SMILES string of the molecule is CNc1c(N)nc2ccccc2c1N. The lowest BCUT2D eigenvalue weighted by atomic mass is 10.1. The summed E-state index contributed by atoms with van der Waals surface area (Å²) in [6.45, 7) is 0. The molecule has 0 aliphatic carbocycles. The molecule has 5 N–H and O–H groups in total. The van der Waals surface area contributed by atoms with E-state index in [1.165, 1.54) is 0 Å². The van der Waals surface area contributed by atoms with Gasteiger partial charge in [-0.2, -0.15) is 0 Å². The lowest BCUT2D eigenvalue weighted by Crippen LogP contribution is -2.03. The molecule has 0 amide bonds. The van der Waals surface area contributed by atoms with Crippen molar-refractivity contribution in [3.63, 3.8) is 0 Å². The molecule has 0 radical (unpaired) electrons. The quantitative estimate of drug-likeness (QED) is 0.633. The maximum absolute atomic E-state index is 5.95. The Morgan fingerprint density at radius 3 is 2.64 bits per heavy atom. The predicted octanol–water partition coefficient (Wildman–Crippen LogP) is 1.44. The Morgan fingerprint density at radius 2 is 1.93 bits per heavy atom. The lowest BCUT2D eigenvalue weighted by molar-refractivity contribution is 1.38. The molecule has 0 aliphatic heterocycles. The number of hydrogen-bond acceptors (Lipinski definition) is 4. The van der Waals surface area contributed by atoms with Crippen LogP contribution in [0.3, 0.4) is 0 Å². The number of para-hydroxylation sites is 1. The van der Waals surface area contributed by atoms with Crippen LogP contribution in [0.15, 0.2) is 24.3 Å². The molecule has 72 valence electrons. The highest BCUT2D eigenvalue weighted by molar-refractivity contribution is 6.00. The molecular formula is C10H12N4. The molecule has 0 spiro atoms. The molecule has 0 saturated carbocycles. The van der Waals surface area contributed by atoms with Crippen molar-refractivity contribution >= 4 is 28.1 Å². The van der Waals surface area contributed by atoms with E-state index in [1.54, 1.807) is 7.05 Å². The van der Waals surface area contributed by atoms with Gasteiger partial charge >= 0.3 is 0 Å². The highest BCUT2D eigenvalue weighted by Gasteiger charge is 2.07. The molecular weight excluding hydrogens is 176 g/mol. The van der Waals surface area contributed by atoms with Crippen LogP contribution in [0.25, 0.3) is 10.9 Å². The Labute approximate surface area is 81.9 Å². The number of nitrogens with two attached hydrogens (primary N) is 2. The second-order valence-corrected chi connectivity index (χ2v) is 3.05. The molecule has 2 aromatic rings. The van der Waals surface area contributed by atoms with Gasteiger partial charge in [-0.1, -0.05) is 18.2 Å². The van der Waals surface area contributed by atoms with E-state index in [0.29, 0.717) is 17.2 Å². The van der Waals surface area contributed by atoms with Crippen LogP contribution in [0.4, 0.5) is 17.2 Å². The number of rotatable bonds is 1. The van der Waals surface area contributed by atoms with E-state index in [2.05, 4.69) is 10.3 Å². The Hall–Kier alpha value is -1.97. The van der Waals surface area contributed by atoms with Gasteiger partial charge < -0.3 is 16.8 Å². The molecule has 1 aromatic carbocycles. The van der Waals surface area contributed by atoms with Crippen LogP contribution < -0.4 is 16.8 Å². The molecule has 0 fully saturated rings. The van der Waals surface area contributed by atoms with Gasteiger partial charge in [-0.25, -0.2) is 4.98 Å². The average molecular weight is 188 g/mol. The second kappa shape index (κ2) is 3.06. The number of pyridine rings is 1. The Morgan fingerprint density at radius 1 is 1.21 bits per heavy atom. The fourth-order valence-corrected chi connectivity index (χ4v) is 1.52. The van der Waals surface area contributed by atoms with E-state index in [1.807, 2.05) is 24.3 Å². The minimum atomic E-state index is 0.434. The van der Waals surface area contributed by atoms with Crippen LogP contribution in [-0.2, 0) is 0 Å². The van der Waals surface area contributed by atoms with E-state index in [4.69, 9.17) is 11.5 Å². The average Bonchev–Trinajstić information content (AvgIpc) is 2.18. The van der Waals surface area contributed by atoms with Gasteiger partial charge in [-0.3, -0.25) is 0 Å². The second-order valence-electron chi connectivity index (χ2n) is 3.05. The third kappa shape index (κ3) is 1.12. The van der Waals surface area contributed by atoms with Crippen LogP contribution in [0.5, 0.6) is 0 Å². The number of aromatic nitrogens is 1. The van der Waals surface area contributed by atoms with Crippen molar-refractivity contribution in [2.45, 2.75) is 0 Å². The van der Waals surface area contributed by atoms with Crippen molar-refractivity contribution in [1.29, 1.82) is 0 Å². The number of nitrogens with one attached hydrogen (secondary N) is 1. The molecule has 1 aromatic heterocycles. The van der Waals surface area contributed by atoms with Gasteiger partial charge in [0.15, 0.2) is 0 Å². The predicted molar refractivity (Wildman–Crippen MR) is 60.1 cm³/mol. The molecule has 0 saturated heterocycles. The molecule has 14 heavy (non-hydrogen) atoms. The Kier molecular flexibility index (Phi) is 1.89. The minimum Gasteiger partial charge on any atom is -0.396 e. The summed E-state index contributed by atoms with van der Waals surface area (Å²) in [5.41, 5.74) is 13.9. The van der Waals surface area contributed by atoms with Crippen LogP contribution >= 0.6 is 0 Å². The summed E-state index contributed by atoms with van der Waals surface area (Å²) in [4.78, 5) is 4.24. The molecule has 0 unspecified atom stereocenters.